The average Bonchev–Trinajstić information content (AvgIpc) is 2.42. The van der Waals surface area contributed by atoms with Crippen molar-refractivity contribution in [1.82, 2.24) is 4.90 Å². The Balaban J connectivity index is 2.33. The van der Waals surface area contributed by atoms with Crippen LogP contribution in [0.4, 0.5) is 5.69 Å². The normalized spacial score (nSPS) is 17.1. The summed E-state index contributed by atoms with van der Waals surface area (Å²) in [5.41, 5.74) is 1.35. The van der Waals surface area contributed by atoms with Crippen LogP contribution < -0.4 is 5.32 Å². The molecule has 0 bridgehead atoms. The number of hydrogen-bond donors (Lipinski definition) is 2. The molecule has 1 aromatic rings. The molecular formula is C15H18N2O4. The van der Waals surface area contributed by atoms with E-state index in [0.29, 0.717) is 5.69 Å². The summed E-state index contributed by atoms with van der Waals surface area (Å²) in [6.07, 6.45) is 0.0404. The van der Waals surface area contributed by atoms with Crippen molar-refractivity contribution in [3.63, 3.8) is 0 Å². The minimum Gasteiger partial charge on any atom is -0.480 e. The van der Waals surface area contributed by atoms with E-state index in [0.717, 1.165) is 5.56 Å². The fraction of sp³-hybridized carbons (Fsp3) is 0.400. The van der Waals surface area contributed by atoms with Crippen molar-refractivity contribution in [3.05, 3.63) is 29.8 Å². The van der Waals surface area contributed by atoms with E-state index < -0.39 is 11.9 Å². The number of hydrogen-bond acceptors (Lipinski definition) is 3. The number of amides is 2. The fourth-order valence-corrected chi connectivity index (χ4v) is 2.49. The van der Waals surface area contributed by atoms with Crippen LogP contribution in [-0.2, 0) is 14.4 Å². The molecule has 1 atom stereocenters. The second-order valence-corrected chi connectivity index (χ2v) is 5.35. The van der Waals surface area contributed by atoms with Crippen LogP contribution >= 0.6 is 0 Å². The highest BCUT2D eigenvalue weighted by atomic mass is 16.4. The molecule has 1 heterocycles. The fourth-order valence-electron chi connectivity index (χ4n) is 2.49. The molecule has 21 heavy (non-hydrogen) atoms. The summed E-state index contributed by atoms with van der Waals surface area (Å²) in [4.78, 5) is 36.7. The van der Waals surface area contributed by atoms with Crippen LogP contribution in [0.2, 0.25) is 0 Å². The third kappa shape index (κ3) is 3.21. The van der Waals surface area contributed by atoms with Crippen LogP contribution in [0.25, 0.3) is 0 Å². The number of carboxylic acid groups (broad SMARTS) is 1. The number of carbonyl (C=O) groups excluding carboxylic acids is 2. The first-order valence-electron chi connectivity index (χ1n) is 6.81. The van der Waals surface area contributed by atoms with Crippen molar-refractivity contribution in [2.45, 2.75) is 32.2 Å². The maximum atomic E-state index is 12.7. The largest absolute Gasteiger partial charge is 0.480 e. The number of anilines is 1. The minimum atomic E-state index is -1.06. The highest BCUT2D eigenvalue weighted by molar-refractivity contribution is 6.01. The van der Waals surface area contributed by atoms with Crippen molar-refractivity contribution in [2.24, 2.45) is 0 Å². The Morgan fingerprint density at radius 3 is 2.67 bits per heavy atom. The summed E-state index contributed by atoms with van der Waals surface area (Å²) < 4.78 is 0. The molecule has 6 heteroatoms. The zero-order valence-corrected chi connectivity index (χ0v) is 12.0. The smallest absolute Gasteiger partial charge is 0.323 e. The topological polar surface area (TPSA) is 86.7 Å². The summed E-state index contributed by atoms with van der Waals surface area (Å²) in [5, 5.41) is 11.7. The van der Waals surface area contributed by atoms with E-state index in [2.05, 4.69) is 5.32 Å². The standard InChI is InChI=1S/C15H18N2O4/c1-9(2)17(8-14(19)20)15(21)11-7-13(18)16-12-6-4-3-5-10(11)12/h3-6,9,11H,7-8H2,1-2H3,(H,16,18)(H,19,20). The minimum absolute atomic E-state index is 0.0404. The molecule has 112 valence electrons. The van der Waals surface area contributed by atoms with Crippen LogP contribution in [0, 0.1) is 0 Å². The van der Waals surface area contributed by atoms with Crippen molar-refractivity contribution >= 4 is 23.5 Å². The summed E-state index contributed by atoms with van der Waals surface area (Å²) >= 11 is 0. The van der Waals surface area contributed by atoms with Gasteiger partial charge in [0.05, 0.1) is 5.92 Å². The van der Waals surface area contributed by atoms with E-state index in [1.807, 2.05) is 0 Å². The Kier molecular flexibility index (Phi) is 4.26. The summed E-state index contributed by atoms with van der Waals surface area (Å²) in [6, 6.07) is 6.86. The number of nitrogens with one attached hydrogen (secondary N) is 1. The van der Waals surface area contributed by atoms with Gasteiger partial charge < -0.3 is 15.3 Å². The number of fused-ring (bicyclic) bond motifs is 1. The number of carbonyl (C=O) groups is 3. The van der Waals surface area contributed by atoms with Gasteiger partial charge in [-0.1, -0.05) is 18.2 Å². The Hall–Kier alpha value is -2.37. The number of rotatable bonds is 4. The van der Waals surface area contributed by atoms with Gasteiger partial charge in [0, 0.05) is 18.2 Å². The van der Waals surface area contributed by atoms with Gasteiger partial charge in [0.2, 0.25) is 11.8 Å². The first-order chi connectivity index (χ1) is 9.90. The van der Waals surface area contributed by atoms with Gasteiger partial charge in [0.25, 0.3) is 0 Å². The van der Waals surface area contributed by atoms with Crippen molar-refractivity contribution in [3.8, 4) is 0 Å². The Morgan fingerprint density at radius 1 is 1.38 bits per heavy atom. The molecule has 1 aliphatic rings. The monoisotopic (exact) mass is 290 g/mol. The van der Waals surface area contributed by atoms with E-state index >= 15 is 0 Å². The molecule has 1 aliphatic heterocycles. The maximum absolute atomic E-state index is 12.7. The summed E-state index contributed by atoms with van der Waals surface area (Å²) in [7, 11) is 0. The molecule has 0 saturated heterocycles. The lowest BCUT2D eigenvalue weighted by atomic mass is 9.89. The highest BCUT2D eigenvalue weighted by Gasteiger charge is 2.34. The van der Waals surface area contributed by atoms with E-state index in [4.69, 9.17) is 5.11 Å². The Bertz CT molecular complexity index is 583. The second kappa shape index (κ2) is 5.95. The van der Waals surface area contributed by atoms with Crippen LogP contribution in [-0.4, -0.2) is 40.4 Å². The van der Waals surface area contributed by atoms with E-state index in [9.17, 15) is 14.4 Å². The lowest BCUT2D eigenvalue weighted by molar-refractivity contribution is -0.146. The Morgan fingerprint density at radius 2 is 2.05 bits per heavy atom. The molecule has 2 amide bonds. The lowest BCUT2D eigenvalue weighted by Gasteiger charge is -2.32. The van der Waals surface area contributed by atoms with Gasteiger partial charge in [-0.25, -0.2) is 0 Å². The third-order valence-electron chi connectivity index (χ3n) is 3.51. The summed E-state index contributed by atoms with van der Waals surface area (Å²) in [5.74, 6) is -2.25. The zero-order chi connectivity index (χ0) is 15.6. The van der Waals surface area contributed by atoms with Gasteiger partial charge in [0.1, 0.15) is 6.54 Å². The third-order valence-corrected chi connectivity index (χ3v) is 3.51. The predicted molar refractivity (Wildman–Crippen MR) is 76.9 cm³/mol. The van der Waals surface area contributed by atoms with Crippen LogP contribution in [0.1, 0.15) is 31.7 Å². The number of nitrogens with zero attached hydrogens (tertiary/aromatic N) is 1. The molecule has 0 fully saturated rings. The molecule has 0 aromatic heterocycles. The first-order valence-corrected chi connectivity index (χ1v) is 6.81. The lowest BCUT2D eigenvalue weighted by Crippen LogP contribution is -2.44. The van der Waals surface area contributed by atoms with Crippen LogP contribution in [0.5, 0.6) is 0 Å². The van der Waals surface area contributed by atoms with Crippen molar-refractivity contribution < 1.29 is 19.5 Å². The van der Waals surface area contributed by atoms with Gasteiger partial charge in [0.15, 0.2) is 0 Å². The van der Waals surface area contributed by atoms with Crippen molar-refractivity contribution in [1.29, 1.82) is 0 Å². The van der Waals surface area contributed by atoms with Gasteiger partial charge in [-0.15, -0.1) is 0 Å². The van der Waals surface area contributed by atoms with Crippen LogP contribution in [0.15, 0.2) is 24.3 Å². The summed E-state index contributed by atoms with van der Waals surface area (Å²) in [6.45, 7) is 3.15. The van der Waals surface area contributed by atoms with Gasteiger partial charge >= 0.3 is 5.97 Å². The number of carboxylic acids is 1. The predicted octanol–water partition coefficient (Wildman–Crippen LogP) is 1.43. The van der Waals surface area contributed by atoms with Gasteiger partial charge in [-0.2, -0.15) is 0 Å². The number of benzene rings is 1. The van der Waals surface area contributed by atoms with Gasteiger partial charge in [-0.3, -0.25) is 14.4 Å². The second-order valence-electron chi connectivity index (χ2n) is 5.35. The molecule has 0 aliphatic carbocycles. The maximum Gasteiger partial charge on any atom is 0.323 e. The molecule has 6 nitrogen and oxygen atoms in total. The molecule has 0 saturated carbocycles. The quantitative estimate of drug-likeness (QED) is 0.878. The van der Waals surface area contributed by atoms with Crippen molar-refractivity contribution in [2.75, 3.05) is 11.9 Å². The highest BCUT2D eigenvalue weighted by Crippen LogP contribution is 2.33. The zero-order valence-electron chi connectivity index (χ0n) is 12.0. The molecule has 1 aromatic carbocycles. The average molecular weight is 290 g/mol. The number of aliphatic carboxylic acids is 1. The molecule has 2 rings (SSSR count). The molecular weight excluding hydrogens is 272 g/mol. The SMILES string of the molecule is CC(C)N(CC(=O)O)C(=O)C1CC(=O)Nc2ccccc21. The van der Waals surface area contributed by atoms with Crippen LogP contribution in [0.3, 0.4) is 0 Å². The molecule has 0 spiro atoms. The van der Waals surface area contributed by atoms with E-state index in [-0.39, 0.29) is 30.8 Å². The van der Waals surface area contributed by atoms with Gasteiger partial charge in [-0.05, 0) is 25.5 Å². The number of para-hydroxylation sites is 1. The van der Waals surface area contributed by atoms with E-state index in [1.165, 1.54) is 4.90 Å². The molecule has 0 radical (unpaired) electrons. The first kappa shape index (κ1) is 15.0. The molecule has 2 N–H and O–H groups in total. The molecule has 1 unspecified atom stereocenters. The van der Waals surface area contributed by atoms with E-state index in [1.54, 1.807) is 38.1 Å². The Labute approximate surface area is 122 Å².